The lowest BCUT2D eigenvalue weighted by atomic mass is 9.78. The van der Waals surface area contributed by atoms with Crippen molar-refractivity contribution < 1.29 is 19.4 Å². The van der Waals surface area contributed by atoms with E-state index in [0.29, 0.717) is 11.5 Å². The fraction of sp³-hybridized carbons (Fsp3) is 0.208. The third kappa shape index (κ3) is 4.17. The monoisotopic (exact) mass is 376 g/mol. The summed E-state index contributed by atoms with van der Waals surface area (Å²) in [5, 5.41) is 9.32. The summed E-state index contributed by atoms with van der Waals surface area (Å²) in [7, 11) is 0. The van der Waals surface area contributed by atoms with Crippen LogP contribution < -0.4 is 9.47 Å². The van der Waals surface area contributed by atoms with Crippen LogP contribution in [-0.2, 0) is 5.41 Å². The van der Waals surface area contributed by atoms with Crippen LogP contribution >= 0.6 is 0 Å². The molecule has 0 radical (unpaired) electrons. The average Bonchev–Trinajstić information content (AvgIpc) is 2.70. The van der Waals surface area contributed by atoms with Crippen LogP contribution in [0.3, 0.4) is 0 Å². The molecule has 0 heterocycles. The summed E-state index contributed by atoms with van der Waals surface area (Å²) in [4.78, 5) is 11.4. The number of aryl methyl sites for hydroxylation is 1. The van der Waals surface area contributed by atoms with Crippen LogP contribution in [0.5, 0.6) is 11.5 Å². The molecule has 3 aromatic rings. The van der Waals surface area contributed by atoms with Crippen molar-refractivity contribution >= 4 is 5.97 Å². The van der Waals surface area contributed by atoms with Crippen molar-refractivity contribution in [3.05, 3.63) is 95.1 Å². The largest absolute Gasteiger partial charge is 0.478 e. The number of carboxylic acids is 1. The van der Waals surface area contributed by atoms with E-state index in [-0.39, 0.29) is 17.8 Å². The van der Waals surface area contributed by atoms with Gasteiger partial charge in [0.25, 0.3) is 0 Å². The van der Waals surface area contributed by atoms with Gasteiger partial charge in [-0.15, -0.1) is 0 Å². The number of hydrogen-bond acceptors (Lipinski definition) is 3. The lowest BCUT2D eigenvalue weighted by Crippen LogP contribution is -2.19. The Morgan fingerprint density at radius 1 is 0.893 bits per heavy atom. The van der Waals surface area contributed by atoms with E-state index >= 15 is 0 Å². The minimum absolute atomic E-state index is 0.0691. The Kier molecular flexibility index (Phi) is 5.69. The summed E-state index contributed by atoms with van der Waals surface area (Å²) in [6, 6.07) is 23.2. The number of benzene rings is 3. The smallest absolute Gasteiger partial charge is 0.339 e. The van der Waals surface area contributed by atoms with Gasteiger partial charge in [0.05, 0.1) is 0 Å². The Labute approximate surface area is 165 Å². The van der Waals surface area contributed by atoms with Crippen molar-refractivity contribution in [3.8, 4) is 11.5 Å². The Balaban J connectivity index is 1.74. The zero-order chi connectivity index (χ0) is 20.1. The van der Waals surface area contributed by atoms with Crippen molar-refractivity contribution in [1.29, 1.82) is 0 Å². The summed E-state index contributed by atoms with van der Waals surface area (Å²) in [6.07, 6.45) is 0. The highest BCUT2D eigenvalue weighted by Crippen LogP contribution is 2.33. The number of para-hydroxylation sites is 1. The fourth-order valence-electron chi connectivity index (χ4n) is 3.17. The van der Waals surface area contributed by atoms with Crippen molar-refractivity contribution in [2.45, 2.75) is 26.2 Å². The minimum Gasteiger partial charge on any atom is -0.478 e. The van der Waals surface area contributed by atoms with Crippen LogP contribution in [0.25, 0.3) is 0 Å². The average molecular weight is 376 g/mol. The molecule has 0 saturated carbocycles. The van der Waals surface area contributed by atoms with Gasteiger partial charge in [-0.05, 0) is 41.8 Å². The summed E-state index contributed by atoms with van der Waals surface area (Å²) in [5.41, 5.74) is 3.05. The van der Waals surface area contributed by atoms with Gasteiger partial charge >= 0.3 is 5.97 Å². The van der Waals surface area contributed by atoms with Crippen molar-refractivity contribution in [3.63, 3.8) is 0 Å². The SMILES string of the molecule is Cc1cccc(C(=O)O)c1OCOc1cccc(C(C)(C)c2ccccc2)c1. The standard InChI is InChI=1S/C24H24O4/c1-17-9-7-14-21(23(25)26)22(17)28-16-27-20-13-8-12-19(15-20)24(2,3)18-10-5-4-6-11-18/h4-15H,16H2,1-3H3,(H,25,26). The molecule has 0 spiro atoms. The van der Waals surface area contributed by atoms with E-state index in [1.807, 2.05) is 49.4 Å². The number of ether oxygens (including phenoxy) is 2. The molecule has 4 nitrogen and oxygen atoms in total. The van der Waals surface area contributed by atoms with E-state index in [9.17, 15) is 9.90 Å². The van der Waals surface area contributed by atoms with Gasteiger partial charge in [-0.1, -0.05) is 68.4 Å². The first-order valence-electron chi connectivity index (χ1n) is 9.14. The van der Waals surface area contributed by atoms with E-state index in [2.05, 4.69) is 32.0 Å². The summed E-state index contributed by atoms with van der Waals surface area (Å²) < 4.78 is 11.4. The molecule has 4 heteroatoms. The van der Waals surface area contributed by atoms with Crippen molar-refractivity contribution in [2.75, 3.05) is 6.79 Å². The van der Waals surface area contributed by atoms with E-state index < -0.39 is 5.97 Å². The molecule has 0 aromatic heterocycles. The number of carbonyl (C=O) groups is 1. The third-order valence-electron chi connectivity index (χ3n) is 4.92. The van der Waals surface area contributed by atoms with E-state index in [0.717, 1.165) is 11.1 Å². The van der Waals surface area contributed by atoms with Gasteiger partial charge in [0.15, 0.2) is 0 Å². The van der Waals surface area contributed by atoms with Crippen LogP contribution in [0.2, 0.25) is 0 Å². The molecule has 0 fully saturated rings. The van der Waals surface area contributed by atoms with Gasteiger partial charge in [0.2, 0.25) is 6.79 Å². The molecule has 1 N–H and O–H groups in total. The molecule has 0 unspecified atom stereocenters. The second kappa shape index (κ2) is 8.17. The van der Waals surface area contributed by atoms with Crippen LogP contribution in [0, 0.1) is 6.92 Å². The maximum absolute atomic E-state index is 11.4. The minimum atomic E-state index is -1.02. The second-order valence-corrected chi connectivity index (χ2v) is 7.18. The van der Waals surface area contributed by atoms with Gasteiger partial charge in [-0.3, -0.25) is 0 Å². The molecule has 0 aliphatic carbocycles. The van der Waals surface area contributed by atoms with Crippen molar-refractivity contribution in [2.24, 2.45) is 0 Å². The first-order chi connectivity index (χ1) is 13.4. The van der Waals surface area contributed by atoms with Gasteiger partial charge in [-0.25, -0.2) is 4.79 Å². The zero-order valence-corrected chi connectivity index (χ0v) is 16.3. The van der Waals surface area contributed by atoms with Crippen LogP contribution in [0.1, 0.15) is 40.9 Å². The Hall–Kier alpha value is -3.27. The third-order valence-corrected chi connectivity index (χ3v) is 4.92. The Bertz CT molecular complexity index is 961. The van der Waals surface area contributed by atoms with E-state index in [1.54, 1.807) is 6.07 Å². The molecule has 0 aliphatic heterocycles. The summed E-state index contributed by atoms with van der Waals surface area (Å²) in [6.45, 7) is 6.08. The zero-order valence-electron chi connectivity index (χ0n) is 16.3. The predicted octanol–water partition coefficient (Wildman–Crippen LogP) is 5.43. The lowest BCUT2D eigenvalue weighted by Gasteiger charge is -2.26. The van der Waals surface area contributed by atoms with Gasteiger partial charge in [-0.2, -0.15) is 0 Å². The first-order valence-corrected chi connectivity index (χ1v) is 9.14. The highest BCUT2D eigenvalue weighted by atomic mass is 16.7. The fourth-order valence-corrected chi connectivity index (χ4v) is 3.17. The molecule has 144 valence electrons. The Morgan fingerprint density at radius 3 is 2.29 bits per heavy atom. The lowest BCUT2D eigenvalue weighted by molar-refractivity contribution is 0.0682. The second-order valence-electron chi connectivity index (χ2n) is 7.18. The molecule has 3 rings (SSSR count). The maximum Gasteiger partial charge on any atom is 0.339 e. The predicted molar refractivity (Wildman–Crippen MR) is 109 cm³/mol. The molecule has 0 aliphatic rings. The van der Waals surface area contributed by atoms with Crippen molar-refractivity contribution in [1.82, 2.24) is 0 Å². The topological polar surface area (TPSA) is 55.8 Å². The van der Waals surface area contributed by atoms with Crippen LogP contribution in [-0.4, -0.2) is 17.9 Å². The molecule has 0 atom stereocenters. The summed E-state index contributed by atoms with van der Waals surface area (Å²) in [5.74, 6) is -0.0203. The van der Waals surface area contributed by atoms with E-state index in [1.165, 1.54) is 11.6 Å². The van der Waals surface area contributed by atoms with Crippen LogP contribution in [0.4, 0.5) is 0 Å². The molecule has 28 heavy (non-hydrogen) atoms. The first kappa shape index (κ1) is 19.5. The van der Waals surface area contributed by atoms with E-state index in [4.69, 9.17) is 9.47 Å². The molecular formula is C24H24O4. The number of rotatable bonds is 7. The molecule has 3 aromatic carbocycles. The highest BCUT2D eigenvalue weighted by Gasteiger charge is 2.23. The number of hydrogen-bond donors (Lipinski definition) is 1. The maximum atomic E-state index is 11.4. The summed E-state index contributed by atoms with van der Waals surface area (Å²) >= 11 is 0. The normalized spacial score (nSPS) is 11.1. The van der Waals surface area contributed by atoms with Gasteiger partial charge in [0, 0.05) is 5.41 Å². The quantitative estimate of drug-likeness (QED) is 0.558. The van der Waals surface area contributed by atoms with Gasteiger partial charge in [0.1, 0.15) is 17.1 Å². The Morgan fingerprint density at radius 2 is 1.57 bits per heavy atom. The number of aromatic carboxylic acids is 1. The molecule has 0 amide bonds. The molecular weight excluding hydrogens is 352 g/mol. The molecule has 0 bridgehead atoms. The molecule has 0 saturated heterocycles. The highest BCUT2D eigenvalue weighted by molar-refractivity contribution is 5.91. The van der Waals surface area contributed by atoms with Gasteiger partial charge < -0.3 is 14.6 Å². The van der Waals surface area contributed by atoms with Crippen LogP contribution in [0.15, 0.2) is 72.8 Å². The number of carboxylic acid groups (broad SMARTS) is 1.